The number of halogens is 1. The fraction of sp³-hybridized carbons (Fsp3) is 0. The summed E-state index contributed by atoms with van der Waals surface area (Å²) < 4.78 is 12.9. The molecule has 0 amide bonds. The number of rotatable bonds is 2. The van der Waals surface area contributed by atoms with Crippen molar-refractivity contribution in [1.29, 1.82) is 0 Å². The normalized spacial score (nSPS) is 10.8. The Labute approximate surface area is 149 Å². The van der Waals surface area contributed by atoms with Gasteiger partial charge in [0.25, 0.3) is 0 Å². The molecule has 0 spiro atoms. The average Bonchev–Trinajstić information content (AvgIpc) is 2.62. The minimum absolute atomic E-state index is 0.280. The van der Waals surface area contributed by atoms with Crippen LogP contribution in [-0.2, 0) is 0 Å². The van der Waals surface area contributed by atoms with Crippen molar-refractivity contribution in [2.75, 3.05) is 10.6 Å². The Morgan fingerprint density at radius 3 is 2.28 bits per heavy atom. The van der Waals surface area contributed by atoms with Gasteiger partial charge in [-0.1, -0.05) is 24.3 Å². The van der Waals surface area contributed by atoms with Crippen LogP contribution in [0.25, 0.3) is 21.8 Å². The van der Waals surface area contributed by atoms with Gasteiger partial charge in [-0.2, -0.15) is 0 Å². The molecule has 0 aliphatic heterocycles. The van der Waals surface area contributed by atoms with Crippen molar-refractivity contribution in [2.45, 2.75) is 0 Å². The Bertz CT molecular complexity index is 1080. The van der Waals surface area contributed by atoms with Crippen molar-refractivity contribution >= 4 is 50.5 Å². The van der Waals surface area contributed by atoms with E-state index in [1.807, 2.05) is 36.4 Å². The van der Waals surface area contributed by atoms with E-state index < -0.39 is 0 Å². The lowest BCUT2D eigenvalue weighted by Gasteiger charge is -2.11. The highest BCUT2D eigenvalue weighted by Gasteiger charge is 2.03. The van der Waals surface area contributed by atoms with Gasteiger partial charge >= 0.3 is 0 Å². The van der Waals surface area contributed by atoms with Crippen molar-refractivity contribution in [3.8, 4) is 0 Å². The first-order chi connectivity index (χ1) is 12.2. The van der Waals surface area contributed by atoms with Gasteiger partial charge in [-0.3, -0.25) is 0 Å². The number of anilines is 2. The third kappa shape index (κ3) is 3.41. The van der Waals surface area contributed by atoms with E-state index >= 15 is 0 Å². The third-order valence-electron chi connectivity index (χ3n) is 3.88. The number of nitrogens with one attached hydrogen (secondary N) is 2. The molecule has 2 N–H and O–H groups in total. The summed E-state index contributed by atoms with van der Waals surface area (Å²) in [5, 5.41) is 8.78. The molecule has 0 aliphatic carbocycles. The molecule has 1 aromatic heterocycles. The van der Waals surface area contributed by atoms with Crippen LogP contribution in [0.2, 0.25) is 0 Å². The van der Waals surface area contributed by atoms with Gasteiger partial charge < -0.3 is 10.6 Å². The molecule has 0 atom stereocenters. The van der Waals surface area contributed by atoms with Crippen LogP contribution in [0.3, 0.4) is 0 Å². The minimum Gasteiger partial charge on any atom is -0.332 e. The second-order valence-electron chi connectivity index (χ2n) is 5.67. The summed E-state index contributed by atoms with van der Waals surface area (Å²) in [7, 11) is 0. The molecule has 0 aliphatic rings. The highest BCUT2D eigenvalue weighted by molar-refractivity contribution is 7.80. The second kappa shape index (κ2) is 6.45. The lowest BCUT2D eigenvalue weighted by Crippen LogP contribution is -2.18. The molecule has 25 heavy (non-hydrogen) atoms. The smallest absolute Gasteiger partial charge is 0.175 e. The maximum Gasteiger partial charge on any atom is 0.175 e. The Morgan fingerprint density at radius 2 is 1.44 bits per heavy atom. The van der Waals surface area contributed by atoms with Crippen LogP contribution in [0, 0.1) is 5.82 Å². The van der Waals surface area contributed by atoms with E-state index in [0.29, 0.717) is 5.11 Å². The fourth-order valence-electron chi connectivity index (χ4n) is 2.68. The Kier molecular flexibility index (Phi) is 3.99. The molecule has 0 saturated carbocycles. The van der Waals surface area contributed by atoms with Crippen LogP contribution < -0.4 is 10.6 Å². The molecule has 3 aromatic carbocycles. The predicted octanol–water partition coefficient (Wildman–Crippen LogP) is 5.34. The molecule has 0 bridgehead atoms. The summed E-state index contributed by atoms with van der Waals surface area (Å²) in [6, 6.07) is 22.1. The van der Waals surface area contributed by atoms with Gasteiger partial charge in [0.15, 0.2) is 5.11 Å². The van der Waals surface area contributed by atoms with E-state index in [1.54, 1.807) is 12.1 Å². The van der Waals surface area contributed by atoms with Gasteiger partial charge in [-0.15, -0.1) is 0 Å². The molecular formula is C20H14FN3S. The zero-order valence-electron chi connectivity index (χ0n) is 13.2. The minimum atomic E-state index is -0.280. The summed E-state index contributed by atoms with van der Waals surface area (Å²) in [4.78, 5) is 4.69. The highest BCUT2D eigenvalue weighted by atomic mass is 32.1. The number of fused-ring (bicyclic) bond motifs is 2. The average molecular weight is 347 g/mol. The number of thiocarbonyl (C=S) groups is 1. The van der Waals surface area contributed by atoms with E-state index in [-0.39, 0.29) is 5.82 Å². The predicted molar refractivity (Wildman–Crippen MR) is 105 cm³/mol. The molecular weight excluding hydrogens is 333 g/mol. The molecule has 0 saturated heterocycles. The van der Waals surface area contributed by atoms with Gasteiger partial charge in [0.2, 0.25) is 0 Å². The van der Waals surface area contributed by atoms with Crippen LogP contribution in [0.1, 0.15) is 0 Å². The standard InChI is InChI=1S/C20H14FN3S/c21-15-6-9-16(10-7-15)22-20(25)23-17-8-5-14-11-13-3-1-2-4-18(13)24-19(14)12-17/h1-12H,(H2,22,23,25). The van der Waals surface area contributed by atoms with Crippen LogP contribution in [0.4, 0.5) is 15.8 Å². The fourth-order valence-corrected chi connectivity index (χ4v) is 2.91. The van der Waals surface area contributed by atoms with E-state index in [9.17, 15) is 4.39 Å². The highest BCUT2D eigenvalue weighted by Crippen LogP contribution is 2.22. The number of benzene rings is 3. The van der Waals surface area contributed by atoms with Crippen LogP contribution in [0.5, 0.6) is 0 Å². The maximum atomic E-state index is 12.9. The van der Waals surface area contributed by atoms with Gasteiger partial charge in [0.05, 0.1) is 11.0 Å². The summed E-state index contributed by atoms with van der Waals surface area (Å²) in [6.45, 7) is 0. The molecule has 0 radical (unpaired) electrons. The number of aromatic nitrogens is 1. The van der Waals surface area contributed by atoms with Crippen LogP contribution >= 0.6 is 12.2 Å². The van der Waals surface area contributed by atoms with E-state index in [0.717, 1.165) is 33.2 Å². The van der Waals surface area contributed by atoms with Crippen LogP contribution in [0.15, 0.2) is 72.8 Å². The maximum absolute atomic E-state index is 12.9. The van der Waals surface area contributed by atoms with Gasteiger partial charge in [0, 0.05) is 22.1 Å². The van der Waals surface area contributed by atoms with Crippen molar-refractivity contribution in [2.24, 2.45) is 0 Å². The molecule has 1 heterocycles. The summed E-state index contributed by atoms with van der Waals surface area (Å²) in [6.07, 6.45) is 0. The van der Waals surface area contributed by atoms with Gasteiger partial charge in [0.1, 0.15) is 5.82 Å². The Morgan fingerprint density at radius 1 is 0.760 bits per heavy atom. The SMILES string of the molecule is Fc1ccc(NC(=S)Nc2ccc3cc4ccccc4nc3c2)cc1. The number of hydrogen-bond acceptors (Lipinski definition) is 2. The second-order valence-corrected chi connectivity index (χ2v) is 6.08. The van der Waals surface area contributed by atoms with Gasteiger partial charge in [-0.05, 0) is 60.7 Å². The summed E-state index contributed by atoms with van der Waals surface area (Å²) in [5.74, 6) is -0.280. The Balaban J connectivity index is 1.57. The summed E-state index contributed by atoms with van der Waals surface area (Å²) in [5.41, 5.74) is 3.42. The number of para-hydroxylation sites is 1. The molecule has 122 valence electrons. The monoisotopic (exact) mass is 347 g/mol. The molecule has 3 nitrogen and oxygen atoms in total. The molecule has 5 heteroatoms. The quantitative estimate of drug-likeness (QED) is 0.379. The van der Waals surface area contributed by atoms with Crippen molar-refractivity contribution in [1.82, 2.24) is 4.98 Å². The molecule has 4 rings (SSSR count). The lowest BCUT2D eigenvalue weighted by atomic mass is 10.1. The van der Waals surface area contributed by atoms with E-state index in [2.05, 4.69) is 22.8 Å². The molecule has 4 aromatic rings. The van der Waals surface area contributed by atoms with Gasteiger partial charge in [-0.25, -0.2) is 9.37 Å². The number of hydrogen-bond donors (Lipinski definition) is 2. The molecule has 0 fully saturated rings. The largest absolute Gasteiger partial charge is 0.332 e. The zero-order valence-corrected chi connectivity index (χ0v) is 14.0. The van der Waals surface area contributed by atoms with E-state index in [1.165, 1.54) is 12.1 Å². The Hall–Kier alpha value is -3.05. The molecule has 0 unspecified atom stereocenters. The first kappa shape index (κ1) is 15.5. The van der Waals surface area contributed by atoms with Crippen molar-refractivity contribution in [3.63, 3.8) is 0 Å². The zero-order chi connectivity index (χ0) is 17.2. The number of pyridine rings is 1. The summed E-state index contributed by atoms with van der Waals surface area (Å²) >= 11 is 5.31. The first-order valence-electron chi connectivity index (χ1n) is 7.80. The van der Waals surface area contributed by atoms with Crippen molar-refractivity contribution in [3.05, 3.63) is 78.6 Å². The van der Waals surface area contributed by atoms with Crippen molar-refractivity contribution < 1.29 is 4.39 Å². The van der Waals surface area contributed by atoms with E-state index in [4.69, 9.17) is 17.2 Å². The lowest BCUT2D eigenvalue weighted by molar-refractivity contribution is 0.628. The topological polar surface area (TPSA) is 37.0 Å². The van der Waals surface area contributed by atoms with Crippen LogP contribution in [-0.4, -0.2) is 10.1 Å². The third-order valence-corrected chi connectivity index (χ3v) is 4.08. The first-order valence-corrected chi connectivity index (χ1v) is 8.21. The number of nitrogens with zero attached hydrogens (tertiary/aromatic N) is 1.